The van der Waals surface area contributed by atoms with E-state index >= 15 is 0 Å². The number of rotatable bonds is 4. The molecule has 0 amide bonds. The van der Waals surface area contributed by atoms with E-state index in [9.17, 15) is 8.42 Å². The second-order valence-electron chi connectivity index (χ2n) is 4.34. The topological polar surface area (TPSA) is 55.4 Å². The van der Waals surface area contributed by atoms with Crippen molar-refractivity contribution in [3.63, 3.8) is 0 Å². The van der Waals surface area contributed by atoms with Crippen molar-refractivity contribution in [3.05, 3.63) is 28.7 Å². The average molecular weight is 334 g/mol. The van der Waals surface area contributed by atoms with Crippen LogP contribution in [0, 0.1) is 5.92 Å². The number of halogens is 1. The van der Waals surface area contributed by atoms with Crippen molar-refractivity contribution < 1.29 is 13.2 Å². The zero-order valence-corrected chi connectivity index (χ0v) is 12.3. The molecule has 0 atom stereocenters. The van der Waals surface area contributed by atoms with Crippen molar-refractivity contribution in [2.45, 2.75) is 17.7 Å². The van der Waals surface area contributed by atoms with Gasteiger partial charge in [-0.3, -0.25) is 0 Å². The van der Waals surface area contributed by atoms with Crippen LogP contribution in [0.25, 0.3) is 0 Å². The van der Waals surface area contributed by atoms with Gasteiger partial charge in [-0.05, 0) is 46.8 Å². The molecule has 4 nitrogen and oxygen atoms in total. The van der Waals surface area contributed by atoms with Crippen LogP contribution in [0.1, 0.15) is 12.8 Å². The fourth-order valence-corrected chi connectivity index (χ4v) is 4.04. The third-order valence-corrected chi connectivity index (χ3v) is 5.46. The first kappa shape index (κ1) is 14.0. The minimum absolute atomic E-state index is 0.289. The first-order chi connectivity index (χ1) is 8.59. The molecule has 1 aromatic rings. The fourth-order valence-electron chi connectivity index (χ4n) is 1.92. The molecule has 0 bridgehead atoms. The van der Waals surface area contributed by atoms with Crippen molar-refractivity contribution >= 4 is 26.0 Å². The van der Waals surface area contributed by atoms with Crippen LogP contribution < -0.4 is 4.72 Å². The van der Waals surface area contributed by atoms with Gasteiger partial charge in [0.05, 0.1) is 4.90 Å². The Morgan fingerprint density at radius 1 is 1.28 bits per heavy atom. The Hall–Kier alpha value is -0.430. The van der Waals surface area contributed by atoms with Crippen molar-refractivity contribution in [1.29, 1.82) is 0 Å². The minimum Gasteiger partial charge on any atom is -0.381 e. The van der Waals surface area contributed by atoms with E-state index < -0.39 is 10.0 Å². The molecule has 2 rings (SSSR count). The molecule has 100 valence electrons. The Kier molecular flexibility index (Phi) is 4.77. The summed E-state index contributed by atoms with van der Waals surface area (Å²) in [6.45, 7) is 1.93. The highest BCUT2D eigenvalue weighted by molar-refractivity contribution is 9.10. The molecule has 0 radical (unpaired) electrons. The Labute approximate surface area is 116 Å². The predicted molar refractivity (Wildman–Crippen MR) is 72.9 cm³/mol. The van der Waals surface area contributed by atoms with Gasteiger partial charge in [0.1, 0.15) is 0 Å². The Morgan fingerprint density at radius 2 is 1.94 bits per heavy atom. The van der Waals surface area contributed by atoms with Gasteiger partial charge in [-0.25, -0.2) is 13.1 Å². The van der Waals surface area contributed by atoms with Crippen molar-refractivity contribution in [1.82, 2.24) is 4.72 Å². The van der Waals surface area contributed by atoms with Gasteiger partial charge in [0.15, 0.2) is 0 Å². The van der Waals surface area contributed by atoms with E-state index in [1.807, 2.05) is 0 Å². The van der Waals surface area contributed by atoms with Crippen LogP contribution in [0.2, 0.25) is 0 Å². The SMILES string of the molecule is O=S(=O)(NCC1CCOCC1)c1ccccc1Br. The fraction of sp³-hybridized carbons (Fsp3) is 0.500. The lowest BCUT2D eigenvalue weighted by Crippen LogP contribution is -2.32. The molecule has 1 saturated heterocycles. The molecule has 1 aliphatic heterocycles. The van der Waals surface area contributed by atoms with Gasteiger partial charge >= 0.3 is 0 Å². The maximum atomic E-state index is 12.1. The van der Waals surface area contributed by atoms with Crippen LogP contribution in [0.4, 0.5) is 0 Å². The number of ether oxygens (including phenoxy) is 1. The quantitative estimate of drug-likeness (QED) is 0.918. The van der Waals surface area contributed by atoms with Crippen molar-refractivity contribution in [2.24, 2.45) is 5.92 Å². The molecule has 1 N–H and O–H groups in total. The summed E-state index contributed by atoms with van der Waals surface area (Å²) in [5.41, 5.74) is 0. The van der Waals surface area contributed by atoms with E-state index in [4.69, 9.17) is 4.74 Å². The van der Waals surface area contributed by atoms with Crippen LogP contribution in [-0.2, 0) is 14.8 Å². The van der Waals surface area contributed by atoms with E-state index in [0.717, 1.165) is 26.1 Å². The number of hydrogen-bond donors (Lipinski definition) is 1. The molecule has 6 heteroatoms. The molecule has 0 saturated carbocycles. The zero-order chi connectivity index (χ0) is 13.0. The summed E-state index contributed by atoms with van der Waals surface area (Å²) in [5, 5.41) is 0. The largest absolute Gasteiger partial charge is 0.381 e. The molecule has 0 aliphatic carbocycles. The van der Waals surface area contributed by atoms with E-state index in [1.54, 1.807) is 24.3 Å². The summed E-state index contributed by atoms with van der Waals surface area (Å²) in [7, 11) is -3.43. The van der Waals surface area contributed by atoms with Crippen LogP contribution in [0.5, 0.6) is 0 Å². The van der Waals surface area contributed by atoms with E-state index in [2.05, 4.69) is 20.7 Å². The molecule has 0 spiro atoms. The first-order valence-corrected chi connectivity index (χ1v) is 8.19. The highest BCUT2D eigenvalue weighted by atomic mass is 79.9. The Balaban J connectivity index is 2.01. The van der Waals surface area contributed by atoms with Gasteiger partial charge in [0.2, 0.25) is 10.0 Å². The molecule has 1 fully saturated rings. The maximum Gasteiger partial charge on any atom is 0.241 e. The molecular weight excluding hydrogens is 318 g/mol. The third kappa shape index (κ3) is 3.54. The van der Waals surface area contributed by atoms with Crippen LogP contribution >= 0.6 is 15.9 Å². The smallest absolute Gasteiger partial charge is 0.241 e. The average Bonchev–Trinajstić information content (AvgIpc) is 2.38. The minimum atomic E-state index is -3.43. The second-order valence-corrected chi connectivity index (χ2v) is 6.93. The standard InChI is InChI=1S/C12H16BrNO3S/c13-11-3-1-2-4-12(11)18(15,16)14-9-10-5-7-17-8-6-10/h1-4,10,14H,5-9H2. The highest BCUT2D eigenvalue weighted by Gasteiger charge is 2.20. The van der Waals surface area contributed by atoms with Gasteiger partial charge in [-0.15, -0.1) is 0 Å². The van der Waals surface area contributed by atoms with E-state index in [0.29, 0.717) is 16.9 Å². The lowest BCUT2D eigenvalue weighted by molar-refractivity contribution is 0.0678. The maximum absolute atomic E-state index is 12.1. The number of benzene rings is 1. The molecule has 1 aliphatic rings. The molecule has 1 heterocycles. The van der Waals surface area contributed by atoms with Gasteiger partial charge in [0.25, 0.3) is 0 Å². The third-order valence-electron chi connectivity index (χ3n) is 3.03. The molecule has 1 aromatic carbocycles. The van der Waals surface area contributed by atoms with Gasteiger partial charge < -0.3 is 4.74 Å². The molecule has 18 heavy (non-hydrogen) atoms. The number of hydrogen-bond acceptors (Lipinski definition) is 3. The zero-order valence-electron chi connectivity index (χ0n) is 9.93. The second kappa shape index (κ2) is 6.14. The summed E-state index contributed by atoms with van der Waals surface area (Å²) in [5.74, 6) is 0.371. The first-order valence-electron chi connectivity index (χ1n) is 5.91. The van der Waals surface area contributed by atoms with Crippen LogP contribution in [-0.4, -0.2) is 28.2 Å². The predicted octanol–water partition coefficient (Wildman–Crippen LogP) is 2.15. The Bertz CT molecular complexity index is 498. The van der Waals surface area contributed by atoms with Crippen LogP contribution in [0.15, 0.2) is 33.6 Å². The van der Waals surface area contributed by atoms with Crippen molar-refractivity contribution in [2.75, 3.05) is 19.8 Å². The van der Waals surface area contributed by atoms with Crippen molar-refractivity contribution in [3.8, 4) is 0 Å². The number of sulfonamides is 1. The number of nitrogens with one attached hydrogen (secondary N) is 1. The summed E-state index contributed by atoms with van der Waals surface area (Å²) < 4.78 is 32.8. The van der Waals surface area contributed by atoms with Crippen LogP contribution in [0.3, 0.4) is 0 Å². The highest BCUT2D eigenvalue weighted by Crippen LogP contribution is 2.21. The van der Waals surface area contributed by atoms with E-state index in [-0.39, 0.29) is 4.90 Å². The Morgan fingerprint density at radius 3 is 2.61 bits per heavy atom. The van der Waals surface area contributed by atoms with E-state index in [1.165, 1.54) is 0 Å². The van der Waals surface area contributed by atoms with Gasteiger partial charge in [-0.1, -0.05) is 12.1 Å². The normalized spacial score (nSPS) is 17.8. The molecule has 0 unspecified atom stereocenters. The summed E-state index contributed by atoms with van der Waals surface area (Å²) in [6, 6.07) is 6.83. The molecular formula is C12H16BrNO3S. The summed E-state index contributed by atoms with van der Waals surface area (Å²) >= 11 is 3.26. The van der Waals surface area contributed by atoms with Gasteiger partial charge in [0, 0.05) is 24.2 Å². The lowest BCUT2D eigenvalue weighted by atomic mass is 10.0. The van der Waals surface area contributed by atoms with Gasteiger partial charge in [-0.2, -0.15) is 0 Å². The summed E-state index contributed by atoms with van der Waals surface area (Å²) in [6.07, 6.45) is 1.83. The molecule has 0 aromatic heterocycles. The summed E-state index contributed by atoms with van der Waals surface area (Å²) in [4.78, 5) is 0.289. The lowest BCUT2D eigenvalue weighted by Gasteiger charge is -2.22. The monoisotopic (exact) mass is 333 g/mol.